The summed E-state index contributed by atoms with van der Waals surface area (Å²) in [4.78, 5) is 2.30. The third-order valence-corrected chi connectivity index (χ3v) is 2.58. The van der Waals surface area contributed by atoms with Crippen LogP contribution in [0.4, 0.5) is 0 Å². The topological polar surface area (TPSA) is 27.0 Å². The molecular formula is C10H19ClN2. The molecule has 0 fully saturated rings. The van der Waals surface area contributed by atoms with E-state index in [4.69, 9.17) is 16.9 Å². The molecule has 0 aliphatic carbocycles. The molecule has 1 atom stereocenters. The van der Waals surface area contributed by atoms with Gasteiger partial charge >= 0.3 is 0 Å². The van der Waals surface area contributed by atoms with E-state index >= 15 is 0 Å². The quantitative estimate of drug-likeness (QED) is 0.619. The van der Waals surface area contributed by atoms with Gasteiger partial charge in [-0.3, -0.25) is 4.90 Å². The summed E-state index contributed by atoms with van der Waals surface area (Å²) in [6.45, 7) is 8.28. The van der Waals surface area contributed by atoms with Gasteiger partial charge < -0.3 is 0 Å². The van der Waals surface area contributed by atoms with Gasteiger partial charge in [-0.15, -0.1) is 11.6 Å². The second-order valence-electron chi connectivity index (χ2n) is 3.76. The standard InChI is InChI=1S/C10H19ClN2/c1-9(2)13(6-4-5-12)8-10(3)7-11/h9-10H,4,6-8H2,1-3H3. The first-order valence-corrected chi connectivity index (χ1v) is 5.32. The van der Waals surface area contributed by atoms with Gasteiger partial charge in [-0.1, -0.05) is 6.92 Å². The zero-order valence-corrected chi connectivity index (χ0v) is 9.51. The fourth-order valence-corrected chi connectivity index (χ4v) is 1.30. The van der Waals surface area contributed by atoms with Gasteiger partial charge in [0, 0.05) is 31.4 Å². The Labute approximate surface area is 86.5 Å². The van der Waals surface area contributed by atoms with E-state index in [2.05, 4.69) is 31.7 Å². The van der Waals surface area contributed by atoms with Crippen molar-refractivity contribution in [2.75, 3.05) is 19.0 Å². The SMILES string of the molecule is CC(CCl)CN(CCC#N)C(C)C. The van der Waals surface area contributed by atoms with Crippen LogP contribution in [0.1, 0.15) is 27.2 Å². The first kappa shape index (κ1) is 12.7. The Balaban J connectivity index is 3.88. The van der Waals surface area contributed by atoms with Gasteiger partial charge in [-0.05, 0) is 19.8 Å². The predicted molar refractivity (Wildman–Crippen MR) is 56.8 cm³/mol. The Kier molecular flexibility index (Phi) is 7.03. The van der Waals surface area contributed by atoms with E-state index in [9.17, 15) is 0 Å². The minimum Gasteiger partial charge on any atom is -0.300 e. The highest BCUT2D eigenvalue weighted by Gasteiger charge is 2.11. The average molecular weight is 203 g/mol. The van der Waals surface area contributed by atoms with Crippen LogP contribution >= 0.6 is 11.6 Å². The lowest BCUT2D eigenvalue weighted by molar-refractivity contribution is 0.203. The summed E-state index contributed by atoms with van der Waals surface area (Å²) < 4.78 is 0. The van der Waals surface area contributed by atoms with E-state index in [1.54, 1.807) is 0 Å². The monoisotopic (exact) mass is 202 g/mol. The molecule has 3 heteroatoms. The van der Waals surface area contributed by atoms with Crippen molar-refractivity contribution >= 4 is 11.6 Å². The van der Waals surface area contributed by atoms with Crippen molar-refractivity contribution in [1.29, 1.82) is 5.26 Å². The molecule has 0 amide bonds. The summed E-state index contributed by atoms with van der Waals surface area (Å²) in [5.41, 5.74) is 0. The van der Waals surface area contributed by atoms with Crippen molar-refractivity contribution in [2.45, 2.75) is 33.2 Å². The average Bonchev–Trinajstić information content (AvgIpc) is 2.11. The van der Waals surface area contributed by atoms with Crippen molar-refractivity contribution in [1.82, 2.24) is 4.90 Å². The Morgan fingerprint density at radius 3 is 2.38 bits per heavy atom. The van der Waals surface area contributed by atoms with Gasteiger partial charge in [0.15, 0.2) is 0 Å². The first-order chi connectivity index (χ1) is 6.11. The molecule has 0 spiro atoms. The van der Waals surface area contributed by atoms with Crippen molar-refractivity contribution in [3.05, 3.63) is 0 Å². The number of nitrogens with zero attached hydrogens (tertiary/aromatic N) is 2. The van der Waals surface area contributed by atoms with E-state index in [0.717, 1.165) is 13.1 Å². The molecule has 0 aliphatic rings. The Morgan fingerprint density at radius 1 is 1.38 bits per heavy atom. The van der Waals surface area contributed by atoms with Gasteiger partial charge in [0.1, 0.15) is 0 Å². The van der Waals surface area contributed by atoms with Crippen LogP contribution in [-0.4, -0.2) is 29.9 Å². The normalized spacial score (nSPS) is 13.3. The van der Waals surface area contributed by atoms with Crippen LogP contribution in [0.5, 0.6) is 0 Å². The van der Waals surface area contributed by atoms with Crippen molar-refractivity contribution < 1.29 is 0 Å². The van der Waals surface area contributed by atoms with E-state index in [0.29, 0.717) is 24.3 Å². The smallest absolute Gasteiger partial charge is 0.0635 e. The highest BCUT2D eigenvalue weighted by Crippen LogP contribution is 2.06. The molecule has 0 heterocycles. The number of rotatable bonds is 6. The van der Waals surface area contributed by atoms with Crippen LogP contribution in [0.15, 0.2) is 0 Å². The summed E-state index contributed by atoms with van der Waals surface area (Å²) in [5.74, 6) is 1.19. The van der Waals surface area contributed by atoms with Crippen molar-refractivity contribution in [3.63, 3.8) is 0 Å². The maximum Gasteiger partial charge on any atom is 0.0635 e. The molecule has 0 bridgehead atoms. The largest absolute Gasteiger partial charge is 0.300 e. The molecule has 0 N–H and O–H groups in total. The summed E-state index contributed by atoms with van der Waals surface area (Å²) >= 11 is 5.74. The van der Waals surface area contributed by atoms with Crippen LogP contribution in [0.3, 0.4) is 0 Å². The fourth-order valence-electron chi connectivity index (χ4n) is 1.20. The van der Waals surface area contributed by atoms with E-state index in [1.165, 1.54) is 0 Å². The summed E-state index contributed by atoms with van der Waals surface area (Å²) in [6, 6.07) is 2.67. The molecule has 13 heavy (non-hydrogen) atoms. The van der Waals surface area contributed by atoms with Crippen LogP contribution in [0, 0.1) is 17.2 Å². The van der Waals surface area contributed by atoms with Gasteiger partial charge in [0.05, 0.1) is 6.07 Å². The fraction of sp³-hybridized carbons (Fsp3) is 0.900. The Bertz CT molecular complexity index is 163. The molecule has 0 radical (unpaired) electrons. The van der Waals surface area contributed by atoms with E-state index in [-0.39, 0.29) is 0 Å². The number of nitriles is 1. The number of halogens is 1. The van der Waals surface area contributed by atoms with Crippen LogP contribution in [0.25, 0.3) is 0 Å². The van der Waals surface area contributed by atoms with Gasteiger partial charge in [-0.25, -0.2) is 0 Å². The molecule has 0 aromatic rings. The highest BCUT2D eigenvalue weighted by molar-refractivity contribution is 6.18. The zero-order chi connectivity index (χ0) is 10.3. The number of alkyl halides is 1. The van der Waals surface area contributed by atoms with E-state index < -0.39 is 0 Å². The van der Waals surface area contributed by atoms with Crippen LogP contribution in [-0.2, 0) is 0 Å². The van der Waals surface area contributed by atoms with Crippen LogP contribution < -0.4 is 0 Å². The number of hydrogen-bond donors (Lipinski definition) is 0. The van der Waals surface area contributed by atoms with Gasteiger partial charge in [0.25, 0.3) is 0 Å². The first-order valence-electron chi connectivity index (χ1n) is 4.78. The summed E-state index contributed by atoms with van der Waals surface area (Å²) in [7, 11) is 0. The van der Waals surface area contributed by atoms with Crippen molar-refractivity contribution in [2.24, 2.45) is 5.92 Å². The van der Waals surface area contributed by atoms with Crippen molar-refractivity contribution in [3.8, 4) is 6.07 Å². The van der Waals surface area contributed by atoms with Gasteiger partial charge in [-0.2, -0.15) is 5.26 Å². The summed E-state index contributed by atoms with van der Waals surface area (Å²) in [5, 5.41) is 8.49. The van der Waals surface area contributed by atoms with E-state index in [1.807, 2.05) is 0 Å². The Morgan fingerprint density at radius 2 is 2.00 bits per heavy atom. The van der Waals surface area contributed by atoms with Crippen LogP contribution in [0.2, 0.25) is 0 Å². The molecule has 1 unspecified atom stereocenters. The molecule has 0 rings (SSSR count). The second-order valence-corrected chi connectivity index (χ2v) is 4.06. The second kappa shape index (κ2) is 7.17. The van der Waals surface area contributed by atoms with Gasteiger partial charge in [0.2, 0.25) is 0 Å². The minimum atomic E-state index is 0.499. The third kappa shape index (κ3) is 5.90. The number of hydrogen-bond acceptors (Lipinski definition) is 2. The lowest BCUT2D eigenvalue weighted by Gasteiger charge is -2.27. The third-order valence-electron chi connectivity index (χ3n) is 2.05. The maximum absolute atomic E-state index is 8.49. The highest BCUT2D eigenvalue weighted by atomic mass is 35.5. The molecule has 0 saturated heterocycles. The minimum absolute atomic E-state index is 0.499. The lowest BCUT2D eigenvalue weighted by Crippen LogP contribution is -2.35. The Hall–Kier alpha value is -0.260. The molecule has 0 aliphatic heterocycles. The summed E-state index contributed by atoms with van der Waals surface area (Å²) in [6.07, 6.45) is 0.604. The molecule has 76 valence electrons. The maximum atomic E-state index is 8.49. The molecule has 2 nitrogen and oxygen atoms in total. The molecule has 0 aromatic carbocycles. The molecule has 0 saturated carbocycles. The molecule has 0 aromatic heterocycles. The molecular weight excluding hydrogens is 184 g/mol. The zero-order valence-electron chi connectivity index (χ0n) is 8.76. The lowest BCUT2D eigenvalue weighted by atomic mass is 10.1. The predicted octanol–water partition coefficient (Wildman–Crippen LogP) is 2.49.